The fourth-order valence-electron chi connectivity index (χ4n) is 0.886. The number of hydrogen-bond acceptors (Lipinski definition) is 6. The lowest BCUT2D eigenvalue weighted by molar-refractivity contribution is -0.320. The average Bonchev–Trinajstić information content (AvgIpc) is 2.36. The van der Waals surface area contributed by atoms with Crippen molar-refractivity contribution in [2.45, 2.75) is 13.8 Å². The average molecular weight is 251 g/mol. The summed E-state index contributed by atoms with van der Waals surface area (Å²) in [6.07, 6.45) is 0. The second-order valence-electron chi connectivity index (χ2n) is 4.02. The summed E-state index contributed by atoms with van der Waals surface area (Å²) >= 11 is 0. The third kappa shape index (κ3) is 3.07. The molecule has 0 aliphatic rings. The van der Waals surface area contributed by atoms with Gasteiger partial charge in [0.1, 0.15) is 5.41 Å². The van der Waals surface area contributed by atoms with E-state index in [-0.39, 0.29) is 5.56 Å². The summed E-state index contributed by atoms with van der Waals surface area (Å²) in [6.45, 7) is 2.17. The van der Waals surface area contributed by atoms with Crippen LogP contribution in [0.2, 0.25) is 0 Å². The highest BCUT2D eigenvalue weighted by Gasteiger charge is 2.33. The molecule has 0 saturated carbocycles. The van der Waals surface area contributed by atoms with Crippen molar-refractivity contribution in [3.63, 3.8) is 0 Å². The number of hydrogen-bond donors (Lipinski definition) is 0. The molecule has 6 nitrogen and oxygen atoms in total. The Balaban J connectivity index is 2.59. The van der Waals surface area contributed by atoms with Gasteiger partial charge in [0.15, 0.2) is 0 Å². The first-order valence-electron chi connectivity index (χ1n) is 5.05. The molecule has 0 N–H and O–H groups in total. The van der Waals surface area contributed by atoms with Gasteiger partial charge in [-0.15, -0.1) is 0 Å². The Bertz CT molecular complexity index is 463. The second kappa shape index (κ2) is 5.31. The quantitative estimate of drug-likeness (QED) is 0.429. The first kappa shape index (κ1) is 13.7. The third-order valence-electron chi connectivity index (χ3n) is 2.22. The van der Waals surface area contributed by atoms with Crippen molar-refractivity contribution in [3.05, 3.63) is 35.9 Å². The number of carboxylic acid groups (broad SMARTS) is 1. The van der Waals surface area contributed by atoms with Crippen LogP contribution in [0.25, 0.3) is 0 Å². The topological polar surface area (TPSA) is 92.7 Å². The molecule has 18 heavy (non-hydrogen) atoms. The van der Waals surface area contributed by atoms with E-state index in [1.807, 2.05) is 0 Å². The molecule has 0 unspecified atom stereocenters. The van der Waals surface area contributed by atoms with E-state index < -0.39 is 23.3 Å². The molecule has 0 spiro atoms. The predicted octanol–water partition coefficient (Wildman–Crippen LogP) is 0.0777. The molecule has 0 bridgehead atoms. The zero-order valence-electron chi connectivity index (χ0n) is 9.84. The van der Waals surface area contributed by atoms with Crippen LogP contribution in [0.3, 0.4) is 0 Å². The highest BCUT2D eigenvalue weighted by atomic mass is 17.2. The first-order chi connectivity index (χ1) is 8.35. The van der Waals surface area contributed by atoms with Crippen LogP contribution in [-0.2, 0) is 19.4 Å². The van der Waals surface area contributed by atoms with Crippen LogP contribution in [0.1, 0.15) is 24.2 Å². The van der Waals surface area contributed by atoms with Crippen molar-refractivity contribution >= 4 is 17.9 Å². The first-order valence-corrected chi connectivity index (χ1v) is 5.05. The van der Waals surface area contributed by atoms with E-state index in [9.17, 15) is 19.5 Å². The lowest BCUT2D eigenvalue weighted by Crippen LogP contribution is -2.44. The van der Waals surface area contributed by atoms with Crippen molar-refractivity contribution in [1.82, 2.24) is 0 Å². The van der Waals surface area contributed by atoms with Gasteiger partial charge < -0.3 is 9.90 Å². The van der Waals surface area contributed by atoms with Gasteiger partial charge in [-0.3, -0.25) is 0 Å². The monoisotopic (exact) mass is 251 g/mol. The van der Waals surface area contributed by atoms with E-state index in [0.29, 0.717) is 0 Å². The molecule has 0 radical (unpaired) electrons. The van der Waals surface area contributed by atoms with Gasteiger partial charge in [0.2, 0.25) is 0 Å². The number of carbonyl (C=O) groups excluding carboxylic acids is 3. The molecular formula is C12H11O6-. The Labute approximate surface area is 103 Å². The molecule has 1 rings (SSSR count). The van der Waals surface area contributed by atoms with Crippen LogP contribution in [0.15, 0.2) is 30.3 Å². The standard InChI is InChI=1S/C12H12O6/c1-12(2,10(14)15)11(16)18-17-9(13)8-6-4-3-5-7-8/h3-7H,1-2H3,(H,14,15)/p-1. The molecule has 0 fully saturated rings. The van der Waals surface area contributed by atoms with E-state index in [1.165, 1.54) is 12.1 Å². The van der Waals surface area contributed by atoms with Crippen LogP contribution in [0.5, 0.6) is 0 Å². The number of carbonyl (C=O) groups is 3. The van der Waals surface area contributed by atoms with Crippen LogP contribution in [0, 0.1) is 5.41 Å². The van der Waals surface area contributed by atoms with Crippen molar-refractivity contribution in [3.8, 4) is 0 Å². The lowest BCUT2D eigenvalue weighted by Gasteiger charge is -2.21. The number of carboxylic acids is 1. The van der Waals surface area contributed by atoms with Crippen molar-refractivity contribution in [2.24, 2.45) is 5.41 Å². The van der Waals surface area contributed by atoms with Gasteiger partial charge >= 0.3 is 11.9 Å². The molecule has 0 amide bonds. The summed E-state index contributed by atoms with van der Waals surface area (Å²) in [5, 5.41) is 10.6. The van der Waals surface area contributed by atoms with E-state index in [1.54, 1.807) is 18.2 Å². The minimum atomic E-state index is -1.89. The normalized spacial score (nSPS) is 10.6. The maximum Gasteiger partial charge on any atom is 0.386 e. The molecular weight excluding hydrogens is 240 g/mol. The maximum atomic E-state index is 11.4. The molecule has 0 aliphatic heterocycles. The van der Waals surface area contributed by atoms with Gasteiger partial charge in [0.05, 0.1) is 11.5 Å². The smallest absolute Gasteiger partial charge is 0.386 e. The fourth-order valence-corrected chi connectivity index (χ4v) is 0.886. The van der Waals surface area contributed by atoms with E-state index in [2.05, 4.69) is 9.78 Å². The number of rotatable bonds is 3. The molecule has 1 aromatic rings. The Hall–Kier alpha value is -2.37. The molecule has 0 saturated heterocycles. The fraction of sp³-hybridized carbons (Fsp3) is 0.250. The summed E-state index contributed by atoms with van der Waals surface area (Å²) in [5.74, 6) is -3.73. The van der Waals surface area contributed by atoms with Gasteiger partial charge in [0, 0.05) is 0 Å². The van der Waals surface area contributed by atoms with Crippen LogP contribution < -0.4 is 5.11 Å². The van der Waals surface area contributed by atoms with E-state index in [0.717, 1.165) is 13.8 Å². The Morgan fingerprint density at radius 2 is 1.61 bits per heavy atom. The number of aliphatic carboxylic acids is 1. The lowest BCUT2D eigenvalue weighted by atomic mass is 9.94. The second-order valence-corrected chi connectivity index (χ2v) is 4.02. The zero-order chi connectivity index (χ0) is 13.8. The van der Waals surface area contributed by atoms with E-state index in [4.69, 9.17) is 0 Å². The molecule has 1 aromatic carbocycles. The van der Waals surface area contributed by atoms with Crippen molar-refractivity contribution in [1.29, 1.82) is 0 Å². The van der Waals surface area contributed by atoms with Crippen LogP contribution in [0.4, 0.5) is 0 Å². The molecule has 0 aliphatic carbocycles. The molecule has 0 heterocycles. The minimum absolute atomic E-state index is 0.177. The van der Waals surface area contributed by atoms with Gasteiger partial charge in [-0.2, -0.15) is 0 Å². The molecule has 96 valence electrons. The molecule has 0 aromatic heterocycles. The summed E-state index contributed by atoms with van der Waals surface area (Å²) < 4.78 is 0. The van der Waals surface area contributed by atoms with Crippen LogP contribution in [-0.4, -0.2) is 17.9 Å². The largest absolute Gasteiger partial charge is 0.549 e. The maximum absolute atomic E-state index is 11.4. The molecule has 6 heteroatoms. The predicted molar refractivity (Wildman–Crippen MR) is 56.7 cm³/mol. The Morgan fingerprint density at radius 3 is 2.11 bits per heavy atom. The van der Waals surface area contributed by atoms with Crippen molar-refractivity contribution in [2.75, 3.05) is 0 Å². The Kier molecular flexibility index (Phi) is 4.04. The SMILES string of the molecule is CC(C)(C(=O)[O-])C(=O)OOC(=O)c1ccccc1. The summed E-state index contributed by atoms with van der Waals surface area (Å²) in [6, 6.07) is 7.81. The highest BCUT2D eigenvalue weighted by Crippen LogP contribution is 2.16. The zero-order valence-corrected chi connectivity index (χ0v) is 9.84. The van der Waals surface area contributed by atoms with Gasteiger partial charge in [0.25, 0.3) is 0 Å². The van der Waals surface area contributed by atoms with Gasteiger partial charge in [-0.1, -0.05) is 18.2 Å². The Morgan fingerprint density at radius 1 is 1.06 bits per heavy atom. The minimum Gasteiger partial charge on any atom is -0.549 e. The van der Waals surface area contributed by atoms with Crippen LogP contribution >= 0.6 is 0 Å². The number of benzene rings is 1. The highest BCUT2D eigenvalue weighted by molar-refractivity contribution is 5.97. The van der Waals surface area contributed by atoms with Gasteiger partial charge in [-0.05, 0) is 26.0 Å². The van der Waals surface area contributed by atoms with Gasteiger partial charge in [-0.25, -0.2) is 19.4 Å². The summed E-state index contributed by atoms with van der Waals surface area (Å²) in [5.41, 5.74) is -1.71. The summed E-state index contributed by atoms with van der Waals surface area (Å²) in [4.78, 5) is 41.8. The van der Waals surface area contributed by atoms with Crippen molar-refractivity contribution < 1.29 is 29.3 Å². The third-order valence-corrected chi connectivity index (χ3v) is 2.22. The van der Waals surface area contributed by atoms with E-state index >= 15 is 0 Å². The molecule has 0 atom stereocenters. The summed E-state index contributed by atoms with van der Waals surface area (Å²) in [7, 11) is 0.